The van der Waals surface area contributed by atoms with Crippen LogP contribution in [0.5, 0.6) is 5.75 Å². The number of hydrogen-bond acceptors (Lipinski definition) is 2. The molecule has 1 heterocycles. The molecule has 2 rings (SSSR count). The van der Waals surface area contributed by atoms with E-state index in [9.17, 15) is 4.39 Å². The Kier molecular flexibility index (Phi) is 1.96. The molecule has 0 N–H and O–H groups in total. The van der Waals surface area contributed by atoms with Crippen LogP contribution in [0.3, 0.4) is 0 Å². The molecule has 1 aromatic heterocycles. The zero-order chi connectivity index (χ0) is 9.42. The van der Waals surface area contributed by atoms with Crippen molar-refractivity contribution >= 4 is 21.4 Å². The summed E-state index contributed by atoms with van der Waals surface area (Å²) in [4.78, 5) is 0. The Bertz CT molecular complexity index is 447. The van der Waals surface area contributed by atoms with Gasteiger partial charge < -0.3 is 4.74 Å². The molecule has 0 aliphatic rings. The summed E-state index contributed by atoms with van der Waals surface area (Å²) >= 11 is 1.61. The predicted molar refractivity (Wildman–Crippen MR) is 53.1 cm³/mol. The number of hydrogen-bond donors (Lipinski definition) is 0. The molecule has 2 aromatic rings. The standard InChI is InChI=1S/C10H9FOS/c1-6-5-8(11)9(12-2)7-3-4-13-10(6)7/h3-5H,1-2H3. The van der Waals surface area contributed by atoms with Crippen LogP contribution in [0.1, 0.15) is 5.56 Å². The summed E-state index contributed by atoms with van der Waals surface area (Å²) in [5, 5.41) is 2.81. The van der Waals surface area contributed by atoms with Gasteiger partial charge in [-0.15, -0.1) is 11.3 Å². The van der Waals surface area contributed by atoms with Gasteiger partial charge in [-0.3, -0.25) is 0 Å². The van der Waals surface area contributed by atoms with Crippen LogP contribution in [0.25, 0.3) is 10.1 Å². The second-order valence-corrected chi connectivity index (χ2v) is 3.79. The average Bonchev–Trinajstić information content (AvgIpc) is 2.53. The highest BCUT2D eigenvalue weighted by Gasteiger charge is 2.10. The fourth-order valence-electron chi connectivity index (χ4n) is 1.45. The number of rotatable bonds is 1. The highest BCUT2D eigenvalue weighted by molar-refractivity contribution is 7.17. The maximum absolute atomic E-state index is 13.3. The third kappa shape index (κ3) is 1.20. The van der Waals surface area contributed by atoms with Gasteiger partial charge in [-0.2, -0.15) is 0 Å². The Morgan fingerprint density at radius 2 is 2.23 bits per heavy atom. The molecule has 68 valence electrons. The van der Waals surface area contributed by atoms with Gasteiger partial charge >= 0.3 is 0 Å². The lowest BCUT2D eigenvalue weighted by molar-refractivity contribution is 0.392. The number of halogens is 1. The highest BCUT2D eigenvalue weighted by Crippen LogP contribution is 2.34. The van der Waals surface area contributed by atoms with E-state index in [0.717, 1.165) is 15.6 Å². The molecular weight excluding hydrogens is 187 g/mol. The molecule has 0 saturated heterocycles. The van der Waals surface area contributed by atoms with E-state index in [-0.39, 0.29) is 5.82 Å². The predicted octanol–water partition coefficient (Wildman–Crippen LogP) is 3.36. The van der Waals surface area contributed by atoms with Crippen LogP contribution in [0.2, 0.25) is 0 Å². The minimum Gasteiger partial charge on any atom is -0.493 e. The lowest BCUT2D eigenvalue weighted by Gasteiger charge is -2.04. The monoisotopic (exact) mass is 196 g/mol. The smallest absolute Gasteiger partial charge is 0.166 e. The molecule has 3 heteroatoms. The highest BCUT2D eigenvalue weighted by atomic mass is 32.1. The first-order valence-corrected chi connectivity index (χ1v) is 4.82. The lowest BCUT2D eigenvalue weighted by atomic mass is 10.1. The van der Waals surface area contributed by atoms with Gasteiger partial charge in [-0.25, -0.2) is 4.39 Å². The molecule has 0 amide bonds. The van der Waals surface area contributed by atoms with Crippen LogP contribution >= 0.6 is 11.3 Å². The average molecular weight is 196 g/mol. The number of aryl methyl sites for hydroxylation is 1. The van der Waals surface area contributed by atoms with E-state index in [1.54, 1.807) is 11.3 Å². The second kappa shape index (κ2) is 3.00. The minimum atomic E-state index is -0.286. The van der Waals surface area contributed by atoms with Gasteiger partial charge in [0.2, 0.25) is 0 Å². The minimum absolute atomic E-state index is 0.286. The van der Waals surface area contributed by atoms with Crippen molar-refractivity contribution in [2.45, 2.75) is 6.92 Å². The van der Waals surface area contributed by atoms with Crippen LogP contribution in [0.4, 0.5) is 4.39 Å². The quantitative estimate of drug-likeness (QED) is 0.679. The van der Waals surface area contributed by atoms with Gasteiger partial charge in [-0.1, -0.05) is 0 Å². The Labute approximate surface area is 79.8 Å². The van der Waals surface area contributed by atoms with Crippen LogP contribution in [0.15, 0.2) is 17.5 Å². The fourth-order valence-corrected chi connectivity index (χ4v) is 2.32. The molecule has 0 saturated carbocycles. The van der Waals surface area contributed by atoms with Gasteiger partial charge in [0.25, 0.3) is 0 Å². The normalized spacial score (nSPS) is 10.7. The van der Waals surface area contributed by atoms with Gasteiger partial charge in [0, 0.05) is 10.1 Å². The molecule has 0 radical (unpaired) electrons. The van der Waals surface area contributed by atoms with Gasteiger partial charge in [-0.05, 0) is 30.0 Å². The number of benzene rings is 1. The summed E-state index contributed by atoms with van der Waals surface area (Å²) in [5.74, 6) is 0.0627. The van der Waals surface area contributed by atoms with Crippen molar-refractivity contribution in [3.8, 4) is 5.75 Å². The summed E-state index contributed by atoms with van der Waals surface area (Å²) in [6.45, 7) is 1.90. The van der Waals surface area contributed by atoms with Crippen molar-refractivity contribution in [3.63, 3.8) is 0 Å². The molecule has 13 heavy (non-hydrogen) atoms. The summed E-state index contributed by atoms with van der Waals surface area (Å²) in [5.41, 5.74) is 0.961. The Morgan fingerprint density at radius 3 is 2.92 bits per heavy atom. The molecule has 0 aliphatic carbocycles. The maximum Gasteiger partial charge on any atom is 0.166 e. The van der Waals surface area contributed by atoms with E-state index in [1.807, 2.05) is 18.4 Å². The second-order valence-electron chi connectivity index (χ2n) is 2.87. The van der Waals surface area contributed by atoms with Gasteiger partial charge in [0.1, 0.15) is 0 Å². The van der Waals surface area contributed by atoms with Gasteiger partial charge in [0.15, 0.2) is 11.6 Å². The van der Waals surface area contributed by atoms with Crippen LogP contribution < -0.4 is 4.74 Å². The van der Waals surface area contributed by atoms with E-state index >= 15 is 0 Å². The Hall–Kier alpha value is -1.09. The van der Waals surface area contributed by atoms with Gasteiger partial charge in [0.05, 0.1) is 7.11 Å². The van der Waals surface area contributed by atoms with Crippen molar-refractivity contribution in [2.75, 3.05) is 7.11 Å². The van der Waals surface area contributed by atoms with E-state index in [1.165, 1.54) is 13.2 Å². The van der Waals surface area contributed by atoms with Crippen LogP contribution in [0, 0.1) is 12.7 Å². The van der Waals surface area contributed by atoms with E-state index in [4.69, 9.17) is 4.74 Å². The number of fused-ring (bicyclic) bond motifs is 1. The fraction of sp³-hybridized carbons (Fsp3) is 0.200. The molecule has 0 fully saturated rings. The molecule has 0 bridgehead atoms. The van der Waals surface area contributed by atoms with E-state index < -0.39 is 0 Å². The molecule has 1 nitrogen and oxygen atoms in total. The summed E-state index contributed by atoms with van der Waals surface area (Å²) in [6, 6.07) is 3.40. The van der Waals surface area contributed by atoms with E-state index in [2.05, 4.69) is 0 Å². The molecule has 0 atom stereocenters. The number of methoxy groups -OCH3 is 1. The first-order valence-electron chi connectivity index (χ1n) is 3.94. The van der Waals surface area contributed by atoms with E-state index in [0.29, 0.717) is 5.75 Å². The number of ether oxygens (including phenoxy) is 1. The van der Waals surface area contributed by atoms with Crippen molar-refractivity contribution in [2.24, 2.45) is 0 Å². The molecule has 1 aromatic carbocycles. The zero-order valence-electron chi connectivity index (χ0n) is 7.43. The molecular formula is C10H9FOS. The third-order valence-corrected chi connectivity index (χ3v) is 3.08. The summed E-state index contributed by atoms with van der Waals surface area (Å²) in [7, 11) is 1.49. The largest absolute Gasteiger partial charge is 0.493 e. The maximum atomic E-state index is 13.3. The molecule has 0 spiro atoms. The lowest BCUT2D eigenvalue weighted by Crippen LogP contribution is -1.89. The SMILES string of the molecule is COc1c(F)cc(C)c2sccc12. The van der Waals surface area contributed by atoms with Crippen LogP contribution in [-0.4, -0.2) is 7.11 Å². The van der Waals surface area contributed by atoms with Crippen LogP contribution in [-0.2, 0) is 0 Å². The number of thiophene rings is 1. The first kappa shape index (κ1) is 8.51. The summed E-state index contributed by atoms with van der Waals surface area (Å²) in [6.07, 6.45) is 0. The topological polar surface area (TPSA) is 9.23 Å². The Balaban J connectivity index is 2.88. The third-order valence-electron chi connectivity index (χ3n) is 2.03. The van der Waals surface area contributed by atoms with Crippen molar-refractivity contribution < 1.29 is 9.13 Å². The zero-order valence-corrected chi connectivity index (χ0v) is 8.24. The summed E-state index contributed by atoms with van der Waals surface area (Å²) < 4.78 is 19.4. The Morgan fingerprint density at radius 1 is 1.46 bits per heavy atom. The molecule has 0 unspecified atom stereocenters. The molecule has 0 aliphatic heterocycles. The van der Waals surface area contributed by atoms with Crippen molar-refractivity contribution in [1.82, 2.24) is 0 Å². The van der Waals surface area contributed by atoms with Crippen molar-refractivity contribution in [3.05, 3.63) is 28.9 Å². The van der Waals surface area contributed by atoms with Crippen molar-refractivity contribution in [1.29, 1.82) is 0 Å². The first-order chi connectivity index (χ1) is 6.24.